The van der Waals surface area contributed by atoms with E-state index < -0.39 is 26.0 Å². The van der Waals surface area contributed by atoms with Gasteiger partial charge in [-0.25, -0.2) is 21.1 Å². The lowest BCUT2D eigenvalue weighted by atomic mass is 10.2. The second-order valence-electron chi connectivity index (χ2n) is 6.48. The normalized spacial score (nSPS) is 16.2. The Hall–Kier alpha value is -2.59. The van der Waals surface area contributed by atoms with E-state index in [0.29, 0.717) is 15.6 Å². The summed E-state index contributed by atoms with van der Waals surface area (Å²) in [6.07, 6.45) is -0.128. The van der Waals surface area contributed by atoms with Crippen molar-refractivity contribution in [2.75, 3.05) is 21.9 Å². The molecule has 1 aliphatic rings. The molecule has 28 heavy (non-hydrogen) atoms. The van der Waals surface area contributed by atoms with Crippen molar-refractivity contribution < 1.29 is 26.4 Å². The summed E-state index contributed by atoms with van der Waals surface area (Å²) in [6.45, 7) is 3.40. The Labute approximate surface area is 164 Å². The number of sulfonamides is 2. The Kier molecular flexibility index (Phi) is 5.11. The molecule has 1 fully saturated rings. The molecule has 0 radical (unpaired) electrons. The van der Waals surface area contributed by atoms with Crippen LogP contribution in [0.25, 0.3) is 0 Å². The zero-order valence-corrected chi connectivity index (χ0v) is 17.2. The summed E-state index contributed by atoms with van der Waals surface area (Å²) in [5, 5.41) is 0. The number of carbonyl (C=O) groups excluding carboxylic acids is 1. The molecule has 0 saturated carbocycles. The van der Waals surface area contributed by atoms with Crippen LogP contribution in [-0.4, -0.2) is 35.6 Å². The second-order valence-corrected chi connectivity index (χ2v) is 10.1. The first kappa shape index (κ1) is 20.2. The standard InChI is InChI=1S/C18H20N2O6S2/c1-12-4-7-16(26-3)15(10-12)19-28(24,25)17-11-14(6-5-13(17)2)20-18(21)8-9-27(20,22)23/h4-7,10-11,19H,8-9H2,1-3H3. The van der Waals surface area contributed by atoms with Crippen LogP contribution in [0.1, 0.15) is 17.5 Å². The molecular formula is C18H20N2O6S2. The predicted molar refractivity (Wildman–Crippen MR) is 106 cm³/mol. The van der Waals surface area contributed by atoms with Crippen molar-refractivity contribution in [2.45, 2.75) is 25.2 Å². The van der Waals surface area contributed by atoms with Crippen LogP contribution in [0.5, 0.6) is 5.75 Å². The Morgan fingerprint density at radius 2 is 1.82 bits per heavy atom. The SMILES string of the molecule is COc1ccc(C)cc1NS(=O)(=O)c1cc(N2C(=O)CCS2(=O)=O)ccc1C. The molecule has 150 valence electrons. The number of amides is 1. The molecule has 1 heterocycles. The maximum Gasteiger partial charge on any atom is 0.262 e. The highest BCUT2D eigenvalue weighted by molar-refractivity contribution is 7.94. The minimum Gasteiger partial charge on any atom is -0.495 e. The van der Waals surface area contributed by atoms with Gasteiger partial charge in [-0.2, -0.15) is 0 Å². The molecule has 2 aromatic carbocycles. The Morgan fingerprint density at radius 3 is 2.43 bits per heavy atom. The van der Waals surface area contributed by atoms with Gasteiger partial charge >= 0.3 is 0 Å². The van der Waals surface area contributed by atoms with Crippen LogP contribution < -0.4 is 13.8 Å². The van der Waals surface area contributed by atoms with E-state index in [9.17, 15) is 21.6 Å². The number of nitrogens with one attached hydrogen (secondary N) is 1. The summed E-state index contributed by atoms with van der Waals surface area (Å²) in [4.78, 5) is 11.9. The van der Waals surface area contributed by atoms with E-state index >= 15 is 0 Å². The predicted octanol–water partition coefficient (Wildman–Crippen LogP) is 2.18. The monoisotopic (exact) mass is 424 g/mol. The summed E-state index contributed by atoms with van der Waals surface area (Å²) in [7, 11) is -6.43. The highest BCUT2D eigenvalue weighted by Gasteiger charge is 2.37. The highest BCUT2D eigenvalue weighted by atomic mass is 32.2. The topological polar surface area (TPSA) is 110 Å². The lowest BCUT2D eigenvalue weighted by molar-refractivity contribution is -0.116. The first-order valence-electron chi connectivity index (χ1n) is 8.39. The lowest BCUT2D eigenvalue weighted by Crippen LogP contribution is -2.29. The van der Waals surface area contributed by atoms with Crippen LogP contribution >= 0.6 is 0 Å². The quantitative estimate of drug-likeness (QED) is 0.788. The third-order valence-corrected chi connectivity index (χ3v) is 7.57. The van der Waals surface area contributed by atoms with Crippen molar-refractivity contribution in [3.8, 4) is 5.75 Å². The van der Waals surface area contributed by atoms with Gasteiger partial charge in [0.2, 0.25) is 15.9 Å². The molecule has 8 nitrogen and oxygen atoms in total. The van der Waals surface area contributed by atoms with Crippen molar-refractivity contribution in [3.63, 3.8) is 0 Å². The van der Waals surface area contributed by atoms with Gasteiger partial charge in [0.15, 0.2) is 0 Å². The molecule has 1 saturated heterocycles. The molecule has 0 aliphatic carbocycles. The molecule has 0 aromatic heterocycles. The molecular weight excluding hydrogens is 404 g/mol. The molecule has 2 aromatic rings. The molecule has 0 unspecified atom stereocenters. The van der Waals surface area contributed by atoms with Crippen molar-refractivity contribution in [1.82, 2.24) is 0 Å². The van der Waals surface area contributed by atoms with Gasteiger partial charge in [0, 0.05) is 6.42 Å². The Bertz CT molecular complexity index is 1160. The van der Waals surface area contributed by atoms with Crippen molar-refractivity contribution in [3.05, 3.63) is 47.5 Å². The van der Waals surface area contributed by atoms with Gasteiger partial charge in [-0.05, 0) is 49.2 Å². The van der Waals surface area contributed by atoms with Crippen LogP contribution in [0.3, 0.4) is 0 Å². The smallest absolute Gasteiger partial charge is 0.262 e. The van der Waals surface area contributed by atoms with Gasteiger partial charge in [0.1, 0.15) is 5.75 Å². The highest BCUT2D eigenvalue weighted by Crippen LogP contribution is 2.32. The van der Waals surface area contributed by atoms with E-state index in [-0.39, 0.29) is 28.4 Å². The Balaban J connectivity index is 2.06. The minimum atomic E-state index is -4.06. The van der Waals surface area contributed by atoms with Gasteiger partial charge in [-0.3, -0.25) is 9.52 Å². The average molecular weight is 425 g/mol. The Morgan fingerprint density at radius 1 is 1.11 bits per heavy atom. The third-order valence-electron chi connectivity index (χ3n) is 4.37. The van der Waals surface area contributed by atoms with E-state index in [0.717, 1.165) is 5.56 Å². The summed E-state index contributed by atoms with van der Waals surface area (Å²) in [6, 6.07) is 9.14. The molecule has 1 amide bonds. The number of ether oxygens (including phenoxy) is 1. The summed E-state index contributed by atoms with van der Waals surface area (Å²) < 4.78 is 58.6. The van der Waals surface area contributed by atoms with Gasteiger partial charge in [0.25, 0.3) is 10.0 Å². The molecule has 3 rings (SSSR count). The van der Waals surface area contributed by atoms with Gasteiger partial charge in [0.05, 0.1) is 29.1 Å². The molecule has 0 bridgehead atoms. The number of hydrogen-bond acceptors (Lipinski definition) is 6. The fraction of sp³-hybridized carbons (Fsp3) is 0.278. The number of aryl methyl sites for hydroxylation is 2. The largest absolute Gasteiger partial charge is 0.495 e. The van der Waals surface area contributed by atoms with E-state index in [1.54, 1.807) is 25.1 Å². The van der Waals surface area contributed by atoms with Crippen molar-refractivity contribution in [1.29, 1.82) is 0 Å². The van der Waals surface area contributed by atoms with Crippen LogP contribution in [0.15, 0.2) is 41.3 Å². The fourth-order valence-corrected chi connectivity index (χ4v) is 5.75. The summed E-state index contributed by atoms with van der Waals surface area (Å²) >= 11 is 0. The number of methoxy groups -OCH3 is 1. The van der Waals surface area contributed by atoms with Crippen molar-refractivity contribution >= 4 is 37.3 Å². The van der Waals surface area contributed by atoms with E-state index in [2.05, 4.69) is 4.72 Å². The number of hydrogen-bond donors (Lipinski definition) is 1. The van der Waals surface area contributed by atoms with E-state index in [1.165, 1.54) is 25.3 Å². The summed E-state index contributed by atoms with van der Waals surface area (Å²) in [5.74, 6) is -0.527. The van der Waals surface area contributed by atoms with Gasteiger partial charge in [-0.15, -0.1) is 0 Å². The van der Waals surface area contributed by atoms with Crippen LogP contribution in [0.4, 0.5) is 11.4 Å². The fourth-order valence-electron chi connectivity index (χ4n) is 2.97. The number of anilines is 2. The number of nitrogens with zero attached hydrogens (tertiary/aromatic N) is 1. The van der Waals surface area contributed by atoms with Crippen molar-refractivity contribution in [2.24, 2.45) is 0 Å². The summed E-state index contributed by atoms with van der Waals surface area (Å²) in [5.41, 5.74) is 1.51. The maximum absolute atomic E-state index is 13.0. The molecule has 0 atom stereocenters. The lowest BCUT2D eigenvalue weighted by Gasteiger charge is -2.18. The molecule has 1 N–H and O–H groups in total. The minimum absolute atomic E-state index is 0.00434. The van der Waals surface area contributed by atoms with E-state index in [4.69, 9.17) is 4.74 Å². The molecule has 10 heteroatoms. The number of benzene rings is 2. The average Bonchev–Trinajstić information content (AvgIpc) is 2.88. The van der Waals surface area contributed by atoms with Gasteiger partial charge < -0.3 is 4.74 Å². The maximum atomic E-state index is 13.0. The van der Waals surface area contributed by atoms with Crippen LogP contribution in [0.2, 0.25) is 0 Å². The second kappa shape index (κ2) is 7.10. The first-order valence-corrected chi connectivity index (χ1v) is 11.5. The van der Waals surface area contributed by atoms with Gasteiger partial charge in [-0.1, -0.05) is 12.1 Å². The first-order chi connectivity index (χ1) is 13.0. The molecule has 0 spiro atoms. The molecule has 1 aliphatic heterocycles. The number of rotatable bonds is 5. The zero-order valence-electron chi connectivity index (χ0n) is 15.6. The van der Waals surface area contributed by atoms with E-state index in [1.807, 2.05) is 6.92 Å². The zero-order chi connectivity index (χ0) is 20.7. The van der Waals surface area contributed by atoms with Crippen LogP contribution in [0, 0.1) is 13.8 Å². The van der Waals surface area contributed by atoms with Crippen LogP contribution in [-0.2, 0) is 24.8 Å². The third kappa shape index (κ3) is 3.69. The number of carbonyl (C=O) groups is 1.